The average Bonchev–Trinajstić information content (AvgIpc) is 3.27. The fourth-order valence-electron chi connectivity index (χ4n) is 4.10. The van der Waals surface area contributed by atoms with Gasteiger partial charge in [0.05, 0.1) is 23.5 Å². The lowest BCUT2D eigenvalue weighted by atomic mass is 10.1. The number of carbonyl (C=O) groups excluding carboxylic acids is 1. The van der Waals surface area contributed by atoms with Gasteiger partial charge in [0.2, 0.25) is 5.91 Å². The van der Waals surface area contributed by atoms with Crippen LogP contribution in [-0.4, -0.2) is 34.4 Å². The Hall–Kier alpha value is -3.10. The minimum absolute atomic E-state index is 0.0266. The van der Waals surface area contributed by atoms with Crippen LogP contribution in [0.15, 0.2) is 57.8 Å². The molecule has 0 N–H and O–H groups in total. The lowest BCUT2D eigenvalue weighted by molar-refractivity contribution is -0.116. The Morgan fingerprint density at radius 2 is 1.91 bits per heavy atom. The van der Waals surface area contributed by atoms with Gasteiger partial charge in [-0.25, -0.2) is 4.98 Å². The summed E-state index contributed by atoms with van der Waals surface area (Å²) in [5.41, 5.74) is 5.68. The molecule has 0 atom stereocenters. The summed E-state index contributed by atoms with van der Waals surface area (Å²) < 4.78 is 8.02. The number of nitrogens with zero attached hydrogens (tertiary/aromatic N) is 3. The van der Waals surface area contributed by atoms with Crippen LogP contribution in [-0.2, 0) is 11.3 Å². The first-order chi connectivity index (χ1) is 16.5. The molecular formula is C26H25N3O3S2. The summed E-state index contributed by atoms with van der Waals surface area (Å²) in [6.07, 6.45) is 0. The minimum atomic E-state index is -0.0573. The summed E-state index contributed by atoms with van der Waals surface area (Å²) >= 11 is 2.74. The lowest BCUT2D eigenvalue weighted by Gasteiger charge is -2.29. The van der Waals surface area contributed by atoms with Gasteiger partial charge in [-0.1, -0.05) is 47.7 Å². The summed E-state index contributed by atoms with van der Waals surface area (Å²) in [4.78, 5) is 33.1. The van der Waals surface area contributed by atoms with Crippen molar-refractivity contribution in [1.82, 2.24) is 9.55 Å². The number of hydrogen-bond donors (Lipinski definition) is 0. The summed E-state index contributed by atoms with van der Waals surface area (Å²) in [6, 6.07) is 14.1. The van der Waals surface area contributed by atoms with E-state index in [1.54, 1.807) is 9.47 Å². The molecule has 0 radical (unpaired) electrons. The van der Waals surface area contributed by atoms with Gasteiger partial charge in [-0.3, -0.25) is 14.2 Å². The number of aryl methyl sites for hydroxylation is 2. The van der Waals surface area contributed by atoms with Crippen LogP contribution in [0.2, 0.25) is 0 Å². The molecule has 1 amide bonds. The molecule has 0 spiro atoms. The zero-order valence-electron chi connectivity index (χ0n) is 19.3. The minimum Gasteiger partial charge on any atom is -0.490 e. The Balaban J connectivity index is 1.46. The molecule has 1 aliphatic rings. The molecule has 2 aromatic heterocycles. The maximum Gasteiger partial charge on any atom is 0.272 e. The van der Waals surface area contributed by atoms with Crippen LogP contribution in [0.4, 0.5) is 5.69 Å². The van der Waals surface area contributed by atoms with Crippen molar-refractivity contribution in [3.63, 3.8) is 0 Å². The lowest BCUT2D eigenvalue weighted by Crippen LogP contribution is -2.39. The maximum absolute atomic E-state index is 13.2. The van der Waals surface area contributed by atoms with Crippen molar-refractivity contribution in [2.75, 3.05) is 23.8 Å². The van der Waals surface area contributed by atoms with Gasteiger partial charge in [0, 0.05) is 17.5 Å². The number of amides is 1. The number of aromatic nitrogens is 2. The molecule has 0 aliphatic carbocycles. The van der Waals surface area contributed by atoms with E-state index in [2.05, 4.69) is 24.3 Å². The summed E-state index contributed by atoms with van der Waals surface area (Å²) in [6.45, 7) is 7.44. The quantitative estimate of drug-likeness (QED) is 0.281. The fourth-order valence-corrected chi connectivity index (χ4v) is 5.99. The number of hydrogen-bond acceptors (Lipinski definition) is 6. The van der Waals surface area contributed by atoms with E-state index in [1.165, 1.54) is 28.7 Å². The van der Waals surface area contributed by atoms with Crippen molar-refractivity contribution in [3.05, 3.63) is 69.3 Å². The second kappa shape index (κ2) is 9.27. The van der Waals surface area contributed by atoms with Gasteiger partial charge in [0.15, 0.2) is 5.16 Å². The van der Waals surface area contributed by atoms with Crippen molar-refractivity contribution in [2.24, 2.45) is 0 Å². The van der Waals surface area contributed by atoms with Crippen LogP contribution >= 0.6 is 23.1 Å². The molecule has 174 valence electrons. The predicted molar refractivity (Wildman–Crippen MR) is 139 cm³/mol. The number of carbonyl (C=O) groups is 1. The van der Waals surface area contributed by atoms with Crippen LogP contribution < -0.4 is 15.2 Å². The van der Waals surface area contributed by atoms with Crippen molar-refractivity contribution in [1.29, 1.82) is 0 Å². The van der Waals surface area contributed by atoms with Crippen LogP contribution in [0.3, 0.4) is 0 Å². The average molecular weight is 492 g/mol. The first kappa shape index (κ1) is 22.7. The van der Waals surface area contributed by atoms with Gasteiger partial charge in [0.25, 0.3) is 5.56 Å². The number of benzene rings is 2. The predicted octanol–water partition coefficient (Wildman–Crippen LogP) is 5.28. The highest BCUT2D eigenvalue weighted by Crippen LogP contribution is 2.34. The van der Waals surface area contributed by atoms with E-state index in [0.717, 1.165) is 28.1 Å². The van der Waals surface area contributed by atoms with E-state index in [4.69, 9.17) is 9.72 Å². The van der Waals surface area contributed by atoms with E-state index >= 15 is 0 Å². The van der Waals surface area contributed by atoms with Crippen molar-refractivity contribution in [3.8, 4) is 16.9 Å². The summed E-state index contributed by atoms with van der Waals surface area (Å²) in [5.74, 6) is 0.887. The van der Waals surface area contributed by atoms with Gasteiger partial charge < -0.3 is 9.64 Å². The normalized spacial score (nSPS) is 13.1. The molecule has 34 heavy (non-hydrogen) atoms. The van der Waals surface area contributed by atoms with Crippen molar-refractivity contribution >= 4 is 44.9 Å². The highest BCUT2D eigenvalue weighted by molar-refractivity contribution is 7.99. The van der Waals surface area contributed by atoms with Crippen molar-refractivity contribution in [2.45, 2.75) is 32.5 Å². The molecule has 2 aromatic carbocycles. The Morgan fingerprint density at radius 3 is 2.68 bits per heavy atom. The molecule has 0 saturated heterocycles. The van der Waals surface area contributed by atoms with Crippen LogP contribution in [0, 0.1) is 13.8 Å². The number of ether oxygens (including phenoxy) is 1. The molecule has 6 nitrogen and oxygen atoms in total. The SMILES string of the molecule is CCn1c(SCC(=O)N2CCOc3ccc(C)cc32)nc2c(-c3ccc(C)cc3)csc2c1=O. The van der Waals surface area contributed by atoms with E-state index in [1.807, 2.05) is 44.4 Å². The van der Waals surface area contributed by atoms with Crippen LogP contribution in [0.25, 0.3) is 21.3 Å². The van der Waals surface area contributed by atoms with Crippen molar-refractivity contribution < 1.29 is 9.53 Å². The third kappa shape index (κ3) is 4.12. The van der Waals surface area contributed by atoms with Gasteiger partial charge >= 0.3 is 0 Å². The molecule has 0 bridgehead atoms. The first-order valence-corrected chi connectivity index (χ1v) is 13.1. The highest BCUT2D eigenvalue weighted by atomic mass is 32.2. The van der Waals surface area contributed by atoms with Gasteiger partial charge in [-0.15, -0.1) is 11.3 Å². The summed E-state index contributed by atoms with van der Waals surface area (Å²) in [7, 11) is 0. The fraction of sp³-hybridized carbons (Fsp3) is 0.269. The summed E-state index contributed by atoms with van der Waals surface area (Å²) in [5, 5.41) is 2.56. The number of fused-ring (bicyclic) bond motifs is 2. The Bertz CT molecular complexity index is 1440. The smallest absolute Gasteiger partial charge is 0.272 e. The zero-order chi connectivity index (χ0) is 23.8. The number of rotatable bonds is 5. The highest BCUT2D eigenvalue weighted by Gasteiger charge is 2.25. The molecule has 5 rings (SSSR count). The first-order valence-electron chi connectivity index (χ1n) is 11.2. The molecule has 8 heteroatoms. The second-order valence-electron chi connectivity index (χ2n) is 8.29. The Morgan fingerprint density at radius 1 is 1.15 bits per heavy atom. The largest absolute Gasteiger partial charge is 0.490 e. The van der Waals surface area contributed by atoms with E-state index in [0.29, 0.717) is 35.1 Å². The third-order valence-electron chi connectivity index (χ3n) is 5.92. The van der Waals surface area contributed by atoms with Gasteiger partial charge in [-0.2, -0.15) is 0 Å². The molecule has 3 heterocycles. The molecule has 0 unspecified atom stereocenters. The molecule has 0 saturated carbocycles. The van der Waals surface area contributed by atoms with E-state index < -0.39 is 0 Å². The molecule has 4 aromatic rings. The van der Waals surface area contributed by atoms with Crippen LogP contribution in [0.5, 0.6) is 5.75 Å². The number of thioether (sulfide) groups is 1. The molecule has 1 aliphatic heterocycles. The third-order valence-corrected chi connectivity index (χ3v) is 7.84. The number of anilines is 1. The van der Waals surface area contributed by atoms with E-state index in [9.17, 15) is 9.59 Å². The zero-order valence-corrected chi connectivity index (χ0v) is 21.0. The standard InChI is InChI=1S/C26H25N3O3S2/c1-4-28-25(31)24-23(19(14-33-24)18-8-5-16(2)6-9-18)27-26(28)34-15-22(30)29-11-12-32-21-10-7-17(3)13-20(21)29/h5-10,13-14H,4,11-12,15H2,1-3H3. The topological polar surface area (TPSA) is 64.4 Å². The number of thiophene rings is 1. The van der Waals surface area contributed by atoms with E-state index in [-0.39, 0.29) is 17.2 Å². The molecular weight excluding hydrogens is 466 g/mol. The van der Waals surface area contributed by atoms with Crippen LogP contribution in [0.1, 0.15) is 18.1 Å². The van der Waals surface area contributed by atoms with Gasteiger partial charge in [0.1, 0.15) is 17.1 Å². The maximum atomic E-state index is 13.2. The Labute approximate surface area is 206 Å². The molecule has 0 fully saturated rings. The Kier molecular flexibility index (Phi) is 6.18. The monoisotopic (exact) mass is 491 g/mol. The second-order valence-corrected chi connectivity index (χ2v) is 10.1. The van der Waals surface area contributed by atoms with Gasteiger partial charge in [-0.05, 0) is 44.0 Å².